The number of carboxylic acids is 4. The molecule has 69 heavy (non-hydrogen) atoms. The van der Waals surface area contributed by atoms with Crippen molar-refractivity contribution in [2.24, 2.45) is 0 Å². The molecular weight excluding hydrogens is 1070 g/mol. The average molecular weight is 1130 g/mol. The number of unbranched alkanes of at least 4 members (excludes halogenated alkanes) is 1. The second kappa shape index (κ2) is 28.3. The number of likely N-dealkylation sites (tertiary alicyclic amines) is 1. The number of hydrogen-bond donors (Lipinski definition) is 5. The molecule has 16 nitrogen and oxygen atoms in total. The summed E-state index contributed by atoms with van der Waals surface area (Å²) in [6.07, 6.45) is 0.989. The van der Waals surface area contributed by atoms with Crippen molar-refractivity contribution in [3.63, 3.8) is 0 Å². The van der Waals surface area contributed by atoms with Crippen molar-refractivity contribution in [1.29, 1.82) is 0 Å². The Bertz CT molecular complexity index is 2190. The third kappa shape index (κ3) is 18.9. The summed E-state index contributed by atoms with van der Waals surface area (Å²) in [5, 5.41) is 41.3. The average Bonchev–Trinajstić information content (AvgIpc) is 3.28. The number of rotatable bonds is 20. The van der Waals surface area contributed by atoms with Gasteiger partial charge in [-0.25, -0.2) is 0 Å². The molecule has 1 atom stereocenters. The van der Waals surface area contributed by atoms with Crippen LogP contribution in [-0.2, 0) is 36.7 Å². The van der Waals surface area contributed by atoms with Gasteiger partial charge in [0.25, 0.3) is 0 Å². The van der Waals surface area contributed by atoms with Gasteiger partial charge in [0, 0.05) is 108 Å². The van der Waals surface area contributed by atoms with Gasteiger partial charge in [-0.15, -0.1) is 0 Å². The molecule has 0 bridgehead atoms. The van der Waals surface area contributed by atoms with E-state index in [-0.39, 0.29) is 158 Å². The van der Waals surface area contributed by atoms with Gasteiger partial charge in [0.2, 0.25) is 5.91 Å². The minimum absolute atomic E-state index is 0. The molecule has 2 fully saturated rings. The number of piperidine rings is 1. The van der Waals surface area contributed by atoms with Crippen LogP contribution < -0.4 is 10.1 Å². The first-order valence-electron chi connectivity index (χ1n) is 22.9. The zero-order chi connectivity index (χ0) is 49.2. The van der Waals surface area contributed by atoms with Crippen LogP contribution in [0.25, 0.3) is 23.3 Å². The predicted molar refractivity (Wildman–Crippen MR) is 249 cm³/mol. The van der Waals surface area contributed by atoms with Crippen LogP contribution in [0.2, 0.25) is 0 Å². The molecule has 0 unspecified atom stereocenters. The topological polar surface area (TPSA) is 204 Å². The van der Waals surface area contributed by atoms with E-state index in [1.165, 1.54) is 12.1 Å². The number of carbonyl (C=O) groups excluding carboxylic acids is 1. The zero-order valence-electron chi connectivity index (χ0n) is 38.7. The fraction of sp³-hybridized carbons (Fsp3) is 0.490. The maximum Gasteiger partial charge on any atom is 0.417 e. The third-order valence-electron chi connectivity index (χ3n) is 12.2. The van der Waals surface area contributed by atoms with E-state index in [9.17, 15) is 57.6 Å². The smallest absolute Gasteiger partial charge is 0.417 e. The van der Waals surface area contributed by atoms with E-state index in [4.69, 9.17) is 4.74 Å². The Labute approximate surface area is 429 Å². The molecule has 2 aliphatic heterocycles. The summed E-state index contributed by atoms with van der Waals surface area (Å²) in [4.78, 5) is 68.7. The summed E-state index contributed by atoms with van der Waals surface area (Å²) in [6.45, 7) is 3.76. The molecule has 385 valence electrons. The molecule has 2 heterocycles. The van der Waals surface area contributed by atoms with E-state index < -0.39 is 41.7 Å². The van der Waals surface area contributed by atoms with Crippen LogP contribution >= 0.6 is 0 Å². The molecule has 2 saturated heterocycles. The van der Waals surface area contributed by atoms with E-state index in [1.54, 1.807) is 25.7 Å². The molecule has 1 amide bonds. The van der Waals surface area contributed by atoms with Gasteiger partial charge < -0.3 is 30.5 Å². The molecule has 3 aromatic carbocycles. The predicted octanol–water partition coefficient (Wildman–Crippen LogP) is 5.04. The summed E-state index contributed by atoms with van der Waals surface area (Å²) < 4.78 is 50.7. The number of nitrogens with one attached hydrogen (secondary N) is 1. The van der Waals surface area contributed by atoms with E-state index >= 15 is 0 Å². The Kier molecular flexibility index (Phi) is 23.3. The number of amides is 1. The van der Waals surface area contributed by atoms with Crippen LogP contribution in [0.4, 0.5) is 13.2 Å². The molecule has 20 heteroatoms. The number of benzene rings is 3. The van der Waals surface area contributed by atoms with Gasteiger partial charge in [-0.05, 0) is 79.1 Å². The molecule has 5 rings (SSSR count). The Morgan fingerprint density at radius 2 is 1.25 bits per heavy atom. The standard InChI is InChI=1S/C49H63F3N6O10.Lu/c1-35-36(12-9-13-40(35)37-10-3-2-4-11-37)15-16-38-29-43(39(28-41(38)49(50,51)52)30-58-18-7-5-14-42(58)48(66)67)68-27-8-6-17-53-44(59)31-54-19-21-55(32-45(60)61)23-25-57(34-47(64)65)26-24-56(22-20-54)33-46(62)63;/h2-4,9-13,15-16,28-29,42H,5-8,14,17-27,30-34H2,1H3,(H,53,59)(H,60,61)(H,62,63)(H,64,65)(H,66,67);/b16-15+;/t42-;/m0./s1/i;1+2. The second-order valence-corrected chi connectivity index (χ2v) is 17.3. The van der Waals surface area contributed by atoms with Crippen molar-refractivity contribution >= 4 is 41.9 Å². The van der Waals surface area contributed by atoms with Crippen molar-refractivity contribution in [2.75, 3.05) is 98.2 Å². The Morgan fingerprint density at radius 1 is 0.696 bits per heavy atom. The van der Waals surface area contributed by atoms with Crippen LogP contribution in [-0.4, -0.2) is 179 Å². The van der Waals surface area contributed by atoms with Gasteiger partial charge in [-0.3, -0.25) is 48.5 Å². The molecule has 0 aromatic heterocycles. The van der Waals surface area contributed by atoms with Crippen LogP contribution in [0.3, 0.4) is 0 Å². The van der Waals surface area contributed by atoms with E-state index in [2.05, 4.69) is 5.32 Å². The van der Waals surface area contributed by atoms with Crippen molar-refractivity contribution in [3.8, 4) is 16.9 Å². The Balaban J connectivity index is 0.0000104. The number of halogens is 3. The zero-order valence-corrected chi connectivity index (χ0v) is 40.4. The van der Waals surface area contributed by atoms with Gasteiger partial charge in [0.1, 0.15) is 11.8 Å². The molecular formula is C49H63F3LuN6O10. The molecule has 2 aliphatic rings. The Morgan fingerprint density at radius 3 is 1.78 bits per heavy atom. The molecule has 0 saturated carbocycles. The Hall–Kier alpha value is -4.63. The van der Waals surface area contributed by atoms with Crippen molar-refractivity contribution < 1.29 is 99.2 Å². The minimum atomic E-state index is -4.73. The van der Waals surface area contributed by atoms with Gasteiger partial charge in [0.05, 0.1) is 38.3 Å². The van der Waals surface area contributed by atoms with Gasteiger partial charge in [-0.1, -0.05) is 67.1 Å². The first kappa shape index (κ1) is 57.0. The van der Waals surface area contributed by atoms with Crippen LogP contribution in [0, 0.1) is 43.8 Å². The fourth-order valence-corrected chi connectivity index (χ4v) is 8.59. The van der Waals surface area contributed by atoms with E-state index in [1.807, 2.05) is 60.4 Å². The first-order chi connectivity index (χ1) is 32.5. The van der Waals surface area contributed by atoms with Gasteiger partial charge in [-0.2, -0.15) is 13.2 Å². The number of carboxylic acid groups (broad SMARTS) is 4. The van der Waals surface area contributed by atoms with Crippen LogP contribution in [0.1, 0.15) is 59.9 Å². The van der Waals surface area contributed by atoms with Crippen LogP contribution in [0.15, 0.2) is 60.7 Å². The summed E-state index contributed by atoms with van der Waals surface area (Å²) in [5.41, 5.74) is 2.79. The number of alkyl halides is 3. The summed E-state index contributed by atoms with van der Waals surface area (Å²) >= 11 is 0. The SMILES string of the molecule is Cc1c(/C=C/c2cc(OCCCCNC(=O)CN3CCN(CC(=O)O)CCN(CC(=O)O)CCN(CC(=O)O)CC3)c(CN3CCCC[C@H]3C(=O)O)cc2C(F)(F)F)cccc1-c1ccccc1.[177Lu]. The monoisotopic (exact) mass is 1130 g/mol. The van der Waals surface area contributed by atoms with Crippen LogP contribution in [0.5, 0.6) is 5.75 Å². The summed E-state index contributed by atoms with van der Waals surface area (Å²) in [6, 6.07) is 16.9. The quantitative estimate of drug-likeness (QED) is 0.0744. The number of nitrogens with zero attached hydrogens (tertiary/aromatic N) is 5. The van der Waals surface area contributed by atoms with E-state index in [0.29, 0.717) is 38.6 Å². The summed E-state index contributed by atoms with van der Waals surface area (Å²) in [7, 11) is 0. The van der Waals surface area contributed by atoms with Gasteiger partial charge >= 0.3 is 30.1 Å². The molecule has 0 spiro atoms. The third-order valence-corrected chi connectivity index (χ3v) is 12.2. The minimum Gasteiger partial charge on any atom is -0.493 e. The molecule has 5 N–H and O–H groups in total. The summed E-state index contributed by atoms with van der Waals surface area (Å²) in [5.74, 6) is -4.32. The molecule has 0 aliphatic carbocycles. The largest absolute Gasteiger partial charge is 0.493 e. The number of hydrogen-bond acceptors (Lipinski definition) is 11. The first-order valence-corrected chi connectivity index (χ1v) is 22.9. The van der Waals surface area contributed by atoms with Gasteiger partial charge in [0.15, 0.2) is 0 Å². The molecule has 1 radical (unpaired) electrons. The number of ether oxygens (including phenoxy) is 1. The van der Waals surface area contributed by atoms with E-state index in [0.717, 1.165) is 28.3 Å². The molecule has 3 aromatic rings. The normalized spacial score (nSPS) is 17.6. The van der Waals surface area contributed by atoms with Crippen molar-refractivity contribution in [1.82, 2.24) is 29.8 Å². The number of aliphatic carboxylic acids is 4. The maximum atomic E-state index is 14.8. The number of carbonyl (C=O) groups is 5. The van der Waals surface area contributed by atoms with Crippen molar-refractivity contribution in [3.05, 3.63) is 88.5 Å². The van der Waals surface area contributed by atoms with Crippen molar-refractivity contribution in [2.45, 2.75) is 57.8 Å². The maximum absolute atomic E-state index is 14.8. The fourth-order valence-electron chi connectivity index (χ4n) is 8.59. The second-order valence-electron chi connectivity index (χ2n) is 17.3.